The third-order valence-electron chi connectivity index (χ3n) is 2.56. The molecule has 2 rings (SSSR count). The van der Waals surface area contributed by atoms with Crippen molar-refractivity contribution in [3.63, 3.8) is 0 Å². The molecule has 104 valence electrons. The lowest BCUT2D eigenvalue weighted by Crippen LogP contribution is -2.23. The zero-order valence-corrected chi connectivity index (χ0v) is 10.1. The number of amides is 1. The minimum absolute atomic E-state index is 0.129. The second-order valence-electron chi connectivity index (χ2n) is 3.94. The highest BCUT2D eigenvalue weighted by atomic mass is 19.1. The first-order chi connectivity index (χ1) is 9.49. The molecule has 1 amide bonds. The molecular weight excluding hydrogens is 269 g/mol. The highest BCUT2D eigenvalue weighted by Crippen LogP contribution is 2.24. The molecular formula is C11H10FN5O3. The fraction of sp³-hybridized carbons (Fsp3) is 0.0909. The second kappa shape index (κ2) is 5.34. The molecule has 2 aromatic rings. The van der Waals surface area contributed by atoms with Gasteiger partial charge < -0.3 is 11.1 Å². The van der Waals surface area contributed by atoms with Crippen molar-refractivity contribution < 1.29 is 14.1 Å². The van der Waals surface area contributed by atoms with Gasteiger partial charge in [0.15, 0.2) is 5.82 Å². The van der Waals surface area contributed by atoms with E-state index in [1.54, 1.807) is 6.20 Å². The van der Waals surface area contributed by atoms with Gasteiger partial charge in [-0.25, -0.2) is 4.39 Å². The molecule has 1 aromatic carbocycles. The van der Waals surface area contributed by atoms with Crippen LogP contribution in [0.4, 0.5) is 15.8 Å². The van der Waals surface area contributed by atoms with Gasteiger partial charge in [0.1, 0.15) is 5.56 Å². The fourth-order valence-corrected chi connectivity index (χ4v) is 1.56. The summed E-state index contributed by atoms with van der Waals surface area (Å²) in [5.74, 6) is -1.66. The monoisotopic (exact) mass is 279 g/mol. The maximum absolute atomic E-state index is 13.2. The molecule has 1 heterocycles. The lowest BCUT2D eigenvalue weighted by molar-refractivity contribution is -0.385. The van der Waals surface area contributed by atoms with Crippen LogP contribution in [0.5, 0.6) is 0 Å². The smallest absolute Gasteiger partial charge is 0.285 e. The molecule has 0 saturated heterocycles. The molecule has 0 bridgehead atoms. The van der Waals surface area contributed by atoms with E-state index in [9.17, 15) is 19.3 Å². The van der Waals surface area contributed by atoms with E-state index < -0.39 is 22.3 Å². The number of nitro groups is 1. The summed E-state index contributed by atoms with van der Waals surface area (Å²) in [6.45, 7) is 0.129. The number of aromatic amines is 1. The van der Waals surface area contributed by atoms with Crippen LogP contribution in [0.15, 0.2) is 24.5 Å². The van der Waals surface area contributed by atoms with Gasteiger partial charge in [-0.15, -0.1) is 0 Å². The maximum atomic E-state index is 13.2. The molecule has 0 spiro atoms. The Labute approximate surface area is 111 Å². The molecule has 0 saturated carbocycles. The third-order valence-corrected chi connectivity index (χ3v) is 2.56. The van der Waals surface area contributed by atoms with Crippen molar-refractivity contribution in [2.24, 2.45) is 0 Å². The summed E-state index contributed by atoms with van der Waals surface area (Å²) < 4.78 is 13.2. The van der Waals surface area contributed by atoms with E-state index in [4.69, 9.17) is 5.73 Å². The van der Waals surface area contributed by atoms with Crippen LogP contribution in [0.2, 0.25) is 0 Å². The van der Waals surface area contributed by atoms with Crippen LogP contribution in [-0.2, 0) is 6.54 Å². The minimum atomic E-state index is -0.942. The average Bonchev–Trinajstić information content (AvgIpc) is 2.91. The van der Waals surface area contributed by atoms with Gasteiger partial charge in [0.2, 0.25) is 0 Å². The number of hydrogen-bond donors (Lipinski definition) is 3. The summed E-state index contributed by atoms with van der Waals surface area (Å²) in [7, 11) is 0. The number of nitrogens with one attached hydrogen (secondary N) is 2. The summed E-state index contributed by atoms with van der Waals surface area (Å²) in [6, 6.07) is 1.57. The van der Waals surface area contributed by atoms with E-state index in [0.717, 1.165) is 6.07 Å². The van der Waals surface area contributed by atoms with E-state index >= 15 is 0 Å². The van der Waals surface area contributed by atoms with Crippen LogP contribution in [0, 0.1) is 15.9 Å². The lowest BCUT2D eigenvalue weighted by atomic mass is 10.1. The summed E-state index contributed by atoms with van der Waals surface area (Å²) >= 11 is 0. The van der Waals surface area contributed by atoms with Gasteiger partial charge in [-0.1, -0.05) is 0 Å². The van der Waals surface area contributed by atoms with E-state index in [2.05, 4.69) is 15.5 Å². The Balaban J connectivity index is 2.24. The third kappa shape index (κ3) is 2.71. The van der Waals surface area contributed by atoms with E-state index in [-0.39, 0.29) is 17.8 Å². The van der Waals surface area contributed by atoms with Crippen molar-refractivity contribution >= 4 is 17.3 Å². The highest BCUT2D eigenvalue weighted by Gasteiger charge is 2.22. The standard InChI is InChI=1S/C11H10FN5O3/c12-8-2-10(17(19)20)7(1-9(8)13)11(18)14-3-6-4-15-16-5-6/h1-2,4-5H,3,13H2,(H,14,18)(H,15,16). The largest absolute Gasteiger partial charge is 0.396 e. The van der Waals surface area contributed by atoms with Crippen molar-refractivity contribution in [3.05, 3.63) is 51.6 Å². The number of H-pyrrole nitrogens is 1. The number of hydrogen-bond acceptors (Lipinski definition) is 5. The number of rotatable bonds is 4. The highest BCUT2D eigenvalue weighted by molar-refractivity contribution is 5.99. The second-order valence-corrected chi connectivity index (χ2v) is 3.94. The Morgan fingerprint density at radius 2 is 2.30 bits per heavy atom. The Morgan fingerprint density at radius 1 is 1.55 bits per heavy atom. The van der Waals surface area contributed by atoms with E-state index in [1.807, 2.05) is 0 Å². The molecule has 0 atom stereocenters. The molecule has 0 aliphatic carbocycles. The maximum Gasteiger partial charge on any atom is 0.285 e. The Morgan fingerprint density at radius 3 is 2.90 bits per heavy atom. The first kappa shape index (κ1) is 13.5. The fourth-order valence-electron chi connectivity index (χ4n) is 1.56. The van der Waals surface area contributed by atoms with Crippen LogP contribution in [-0.4, -0.2) is 21.0 Å². The van der Waals surface area contributed by atoms with Gasteiger partial charge in [-0.2, -0.15) is 5.10 Å². The molecule has 20 heavy (non-hydrogen) atoms. The molecule has 4 N–H and O–H groups in total. The molecule has 9 heteroatoms. The minimum Gasteiger partial charge on any atom is -0.396 e. The number of anilines is 1. The first-order valence-electron chi connectivity index (χ1n) is 5.48. The number of nitrogen functional groups attached to an aromatic ring is 1. The number of nitrogens with two attached hydrogens (primary N) is 1. The van der Waals surface area contributed by atoms with Gasteiger partial charge in [0.05, 0.1) is 22.9 Å². The number of nitrogens with zero attached hydrogens (tertiary/aromatic N) is 2. The van der Waals surface area contributed by atoms with Gasteiger partial charge >= 0.3 is 0 Å². The summed E-state index contributed by atoms with van der Waals surface area (Å²) in [5, 5.41) is 19.5. The van der Waals surface area contributed by atoms with Gasteiger partial charge in [0, 0.05) is 18.3 Å². The summed E-state index contributed by atoms with van der Waals surface area (Å²) in [4.78, 5) is 21.9. The molecule has 0 fully saturated rings. The van der Waals surface area contributed by atoms with Crippen LogP contribution >= 0.6 is 0 Å². The average molecular weight is 279 g/mol. The van der Waals surface area contributed by atoms with Crippen LogP contribution in [0.3, 0.4) is 0 Å². The SMILES string of the molecule is Nc1cc(C(=O)NCc2cn[nH]c2)c([N+](=O)[O-])cc1F. The molecule has 0 radical (unpaired) electrons. The van der Waals surface area contributed by atoms with Crippen molar-refractivity contribution in [1.29, 1.82) is 0 Å². The number of benzene rings is 1. The normalized spacial score (nSPS) is 10.2. The van der Waals surface area contributed by atoms with Crippen LogP contribution < -0.4 is 11.1 Å². The molecule has 8 nitrogen and oxygen atoms in total. The molecule has 0 unspecified atom stereocenters. The lowest BCUT2D eigenvalue weighted by Gasteiger charge is -2.06. The van der Waals surface area contributed by atoms with Gasteiger partial charge in [0.25, 0.3) is 11.6 Å². The van der Waals surface area contributed by atoms with Gasteiger partial charge in [-0.3, -0.25) is 20.0 Å². The Kier molecular flexibility index (Phi) is 3.60. The van der Waals surface area contributed by atoms with E-state index in [1.165, 1.54) is 6.20 Å². The zero-order chi connectivity index (χ0) is 14.7. The number of carbonyl (C=O) groups excluding carboxylic acids is 1. The summed E-state index contributed by atoms with van der Waals surface area (Å²) in [6.07, 6.45) is 3.06. The van der Waals surface area contributed by atoms with Crippen molar-refractivity contribution in [2.75, 3.05) is 5.73 Å². The first-order valence-corrected chi connectivity index (χ1v) is 5.48. The van der Waals surface area contributed by atoms with Crippen LogP contribution in [0.1, 0.15) is 15.9 Å². The summed E-state index contributed by atoms with van der Waals surface area (Å²) in [5.41, 5.74) is 4.76. The van der Waals surface area contributed by atoms with Crippen molar-refractivity contribution in [3.8, 4) is 0 Å². The predicted octanol–water partition coefficient (Wildman–Crippen LogP) is 0.969. The quantitative estimate of drug-likeness (QED) is 0.436. The van der Waals surface area contributed by atoms with E-state index in [0.29, 0.717) is 11.6 Å². The molecule has 0 aliphatic rings. The predicted molar refractivity (Wildman–Crippen MR) is 67.2 cm³/mol. The van der Waals surface area contributed by atoms with Crippen LogP contribution in [0.25, 0.3) is 0 Å². The zero-order valence-electron chi connectivity index (χ0n) is 10.1. The number of halogens is 1. The Hall–Kier alpha value is -2.97. The Bertz CT molecular complexity index is 656. The van der Waals surface area contributed by atoms with Crippen molar-refractivity contribution in [2.45, 2.75) is 6.54 Å². The van der Waals surface area contributed by atoms with Crippen molar-refractivity contribution in [1.82, 2.24) is 15.5 Å². The van der Waals surface area contributed by atoms with Gasteiger partial charge in [-0.05, 0) is 6.07 Å². The number of carbonyl (C=O) groups is 1. The number of aromatic nitrogens is 2. The topological polar surface area (TPSA) is 127 Å². The molecule has 1 aromatic heterocycles. The molecule has 0 aliphatic heterocycles. The number of nitro benzene ring substituents is 1.